The fourth-order valence-electron chi connectivity index (χ4n) is 0.870. The summed E-state index contributed by atoms with van der Waals surface area (Å²) >= 11 is 0. The number of nitrogens with one attached hydrogen (secondary N) is 1. The smallest absolute Gasteiger partial charge is 0.308 e. The fraction of sp³-hybridized carbons (Fsp3) is 0.143. The summed E-state index contributed by atoms with van der Waals surface area (Å²) in [5, 5.41) is 2.87. The Hall–Kier alpha value is -1.78. The second kappa shape index (κ2) is 2.69. The molecule has 0 atom stereocenters. The molecule has 0 aliphatic rings. The van der Waals surface area contributed by atoms with Gasteiger partial charge in [-0.1, -0.05) is 0 Å². The summed E-state index contributed by atoms with van der Waals surface area (Å²) < 4.78 is 6.84. The maximum atomic E-state index is 5.15. The standard InChI is InChI=1S/C7H8N4O/c1-8-6-4-12-7(10-6)11-3-2-9-5-11/h2-5,8H,1H3. The van der Waals surface area contributed by atoms with Crippen molar-refractivity contribution in [1.82, 2.24) is 14.5 Å². The van der Waals surface area contributed by atoms with E-state index >= 15 is 0 Å². The number of rotatable bonds is 2. The van der Waals surface area contributed by atoms with E-state index < -0.39 is 0 Å². The topological polar surface area (TPSA) is 55.9 Å². The molecule has 2 heterocycles. The van der Waals surface area contributed by atoms with Crippen molar-refractivity contribution in [2.24, 2.45) is 0 Å². The van der Waals surface area contributed by atoms with E-state index in [0.717, 1.165) is 0 Å². The van der Waals surface area contributed by atoms with E-state index in [1.165, 1.54) is 0 Å². The minimum absolute atomic E-state index is 0.511. The number of anilines is 1. The molecule has 0 saturated carbocycles. The first kappa shape index (κ1) is 6.90. The molecule has 0 fully saturated rings. The minimum Gasteiger partial charge on any atom is -0.429 e. The summed E-state index contributed by atoms with van der Waals surface area (Å²) in [6.07, 6.45) is 6.62. The third-order valence-electron chi connectivity index (χ3n) is 1.47. The van der Waals surface area contributed by atoms with E-state index in [0.29, 0.717) is 11.8 Å². The van der Waals surface area contributed by atoms with Gasteiger partial charge in [0, 0.05) is 19.4 Å². The number of hydrogen-bond acceptors (Lipinski definition) is 4. The van der Waals surface area contributed by atoms with Crippen LogP contribution in [0, 0.1) is 0 Å². The quantitative estimate of drug-likeness (QED) is 0.716. The van der Waals surface area contributed by atoms with Crippen molar-refractivity contribution in [2.75, 3.05) is 12.4 Å². The third-order valence-corrected chi connectivity index (χ3v) is 1.47. The van der Waals surface area contributed by atoms with Crippen LogP contribution < -0.4 is 5.32 Å². The lowest BCUT2D eigenvalue weighted by Gasteiger charge is -1.90. The first-order chi connectivity index (χ1) is 5.90. The average Bonchev–Trinajstić information content (AvgIpc) is 2.75. The van der Waals surface area contributed by atoms with Crippen molar-refractivity contribution in [1.29, 1.82) is 0 Å². The number of aromatic nitrogens is 3. The Morgan fingerprint density at radius 3 is 3.08 bits per heavy atom. The van der Waals surface area contributed by atoms with Crippen LogP contribution in [0.15, 0.2) is 29.4 Å². The summed E-state index contributed by atoms with van der Waals surface area (Å²) in [6, 6.07) is 0.511. The highest BCUT2D eigenvalue weighted by Crippen LogP contribution is 2.09. The van der Waals surface area contributed by atoms with E-state index in [1.54, 1.807) is 36.6 Å². The van der Waals surface area contributed by atoms with Crippen molar-refractivity contribution < 1.29 is 4.42 Å². The predicted octanol–water partition coefficient (Wildman–Crippen LogP) is 0.902. The summed E-state index contributed by atoms with van der Waals surface area (Å²) in [6.45, 7) is 0. The molecule has 5 heteroatoms. The number of hydrogen-bond donors (Lipinski definition) is 1. The molecule has 2 aromatic heterocycles. The van der Waals surface area contributed by atoms with E-state index in [1.807, 2.05) is 0 Å². The predicted molar refractivity (Wildman–Crippen MR) is 43.2 cm³/mol. The Kier molecular flexibility index (Phi) is 1.55. The molecule has 0 amide bonds. The molecule has 5 nitrogen and oxygen atoms in total. The number of oxazole rings is 1. The highest BCUT2D eigenvalue weighted by molar-refractivity contribution is 5.32. The highest BCUT2D eigenvalue weighted by atomic mass is 16.4. The van der Waals surface area contributed by atoms with Crippen molar-refractivity contribution in [3.63, 3.8) is 0 Å². The second-order valence-corrected chi connectivity index (χ2v) is 2.24. The summed E-state index contributed by atoms with van der Waals surface area (Å²) in [5.74, 6) is 0.707. The lowest BCUT2D eigenvalue weighted by molar-refractivity contribution is 0.527. The van der Waals surface area contributed by atoms with Gasteiger partial charge in [-0.15, -0.1) is 0 Å². The molecule has 62 valence electrons. The van der Waals surface area contributed by atoms with Crippen LogP contribution in [0.5, 0.6) is 0 Å². The first-order valence-corrected chi connectivity index (χ1v) is 3.52. The van der Waals surface area contributed by atoms with Crippen LogP contribution in [0.25, 0.3) is 6.01 Å². The van der Waals surface area contributed by atoms with Crippen LogP contribution in [-0.2, 0) is 0 Å². The lowest BCUT2D eigenvalue weighted by Crippen LogP contribution is -1.91. The zero-order valence-electron chi connectivity index (χ0n) is 6.56. The van der Waals surface area contributed by atoms with Gasteiger partial charge in [0.1, 0.15) is 12.6 Å². The molecule has 0 spiro atoms. The fourth-order valence-corrected chi connectivity index (χ4v) is 0.870. The molecule has 12 heavy (non-hydrogen) atoms. The SMILES string of the molecule is CNc1coc(-n2ccnc2)n1. The largest absolute Gasteiger partial charge is 0.429 e. The summed E-state index contributed by atoms with van der Waals surface area (Å²) in [4.78, 5) is 7.99. The molecular formula is C7H8N4O. The number of imidazole rings is 1. The highest BCUT2D eigenvalue weighted by Gasteiger charge is 2.02. The second-order valence-electron chi connectivity index (χ2n) is 2.24. The van der Waals surface area contributed by atoms with Gasteiger partial charge in [0.15, 0.2) is 5.82 Å². The Morgan fingerprint density at radius 2 is 2.50 bits per heavy atom. The number of nitrogens with zero attached hydrogens (tertiary/aromatic N) is 3. The molecule has 0 aliphatic heterocycles. The van der Waals surface area contributed by atoms with Gasteiger partial charge in [-0.05, 0) is 0 Å². The van der Waals surface area contributed by atoms with Gasteiger partial charge < -0.3 is 9.73 Å². The average molecular weight is 164 g/mol. The minimum atomic E-state index is 0.511. The Bertz CT molecular complexity index is 351. The van der Waals surface area contributed by atoms with Crippen LogP contribution in [0.2, 0.25) is 0 Å². The van der Waals surface area contributed by atoms with Gasteiger partial charge in [-0.3, -0.25) is 4.57 Å². The van der Waals surface area contributed by atoms with Crippen LogP contribution in [0.4, 0.5) is 5.82 Å². The lowest BCUT2D eigenvalue weighted by atomic mass is 10.8. The molecule has 0 radical (unpaired) electrons. The molecular weight excluding hydrogens is 156 g/mol. The van der Waals surface area contributed by atoms with Crippen molar-refractivity contribution in [2.45, 2.75) is 0 Å². The van der Waals surface area contributed by atoms with Gasteiger partial charge in [0.2, 0.25) is 0 Å². The molecule has 2 rings (SSSR count). The van der Waals surface area contributed by atoms with Crippen LogP contribution in [0.3, 0.4) is 0 Å². The maximum Gasteiger partial charge on any atom is 0.308 e. The van der Waals surface area contributed by atoms with Gasteiger partial charge in [0.05, 0.1) is 0 Å². The van der Waals surface area contributed by atoms with Crippen molar-refractivity contribution in [3.05, 3.63) is 25.0 Å². The maximum absolute atomic E-state index is 5.15. The first-order valence-electron chi connectivity index (χ1n) is 3.52. The molecule has 1 N–H and O–H groups in total. The van der Waals surface area contributed by atoms with Gasteiger partial charge in [-0.2, -0.15) is 4.98 Å². The summed E-state index contributed by atoms with van der Waals surface area (Å²) in [5.41, 5.74) is 0. The summed E-state index contributed by atoms with van der Waals surface area (Å²) in [7, 11) is 1.79. The van der Waals surface area contributed by atoms with Crippen molar-refractivity contribution >= 4 is 5.82 Å². The third kappa shape index (κ3) is 1.05. The zero-order chi connectivity index (χ0) is 8.39. The molecule has 2 aromatic rings. The van der Waals surface area contributed by atoms with Crippen LogP contribution in [-0.4, -0.2) is 21.6 Å². The van der Waals surface area contributed by atoms with Gasteiger partial charge >= 0.3 is 6.01 Å². The van der Waals surface area contributed by atoms with E-state index in [2.05, 4.69) is 15.3 Å². The molecule has 0 unspecified atom stereocenters. The van der Waals surface area contributed by atoms with Gasteiger partial charge in [-0.25, -0.2) is 4.98 Å². The monoisotopic (exact) mass is 164 g/mol. The Balaban J connectivity index is 2.35. The van der Waals surface area contributed by atoms with Crippen LogP contribution in [0.1, 0.15) is 0 Å². The molecule has 0 saturated heterocycles. The molecule has 0 aromatic carbocycles. The van der Waals surface area contributed by atoms with E-state index in [-0.39, 0.29) is 0 Å². The normalized spacial score (nSPS) is 10.1. The Morgan fingerprint density at radius 1 is 1.58 bits per heavy atom. The van der Waals surface area contributed by atoms with Crippen LogP contribution >= 0.6 is 0 Å². The zero-order valence-corrected chi connectivity index (χ0v) is 6.56. The van der Waals surface area contributed by atoms with E-state index in [4.69, 9.17) is 4.42 Å². The van der Waals surface area contributed by atoms with Gasteiger partial charge in [0.25, 0.3) is 0 Å². The Labute approximate surface area is 69.1 Å². The van der Waals surface area contributed by atoms with E-state index in [9.17, 15) is 0 Å². The molecule has 0 aliphatic carbocycles. The molecule has 0 bridgehead atoms. The van der Waals surface area contributed by atoms with Crippen molar-refractivity contribution in [3.8, 4) is 6.01 Å².